The van der Waals surface area contributed by atoms with E-state index in [1.165, 1.54) is 54.4 Å². The van der Waals surface area contributed by atoms with Crippen LogP contribution in [0.25, 0.3) is 10.9 Å². The number of nitrogens with two attached hydrogens (primary N) is 1. The second-order valence-electron chi connectivity index (χ2n) is 5.83. The van der Waals surface area contributed by atoms with Gasteiger partial charge in [0.15, 0.2) is 0 Å². The third kappa shape index (κ3) is 2.60. The van der Waals surface area contributed by atoms with Gasteiger partial charge in [-0.05, 0) is 56.1 Å². The molecule has 0 unspecified atom stereocenters. The van der Waals surface area contributed by atoms with E-state index in [9.17, 15) is 0 Å². The largest absolute Gasteiger partial charge is 0.347 e. The second-order valence-corrected chi connectivity index (χ2v) is 5.83. The van der Waals surface area contributed by atoms with Gasteiger partial charge in [0.25, 0.3) is 0 Å². The lowest BCUT2D eigenvalue weighted by molar-refractivity contribution is 0.221. The molecule has 3 nitrogen and oxygen atoms in total. The van der Waals surface area contributed by atoms with Crippen molar-refractivity contribution in [3.8, 4) is 0 Å². The van der Waals surface area contributed by atoms with E-state index < -0.39 is 0 Å². The van der Waals surface area contributed by atoms with E-state index >= 15 is 0 Å². The van der Waals surface area contributed by atoms with E-state index in [4.69, 9.17) is 5.73 Å². The number of piperidine rings is 1. The summed E-state index contributed by atoms with van der Waals surface area (Å²) in [5, 5.41) is 1.39. The third-order valence-electron chi connectivity index (χ3n) is 4.45. The zero-order chi connectivity index (χ0) is 13.9. The van der Waals surface area contributed by atoms with Crippen LogP contribution in [-0.4, -0.2) is 22.6 Å². The Morgan fingerprint density at radius 2 is 1.95 bits per heavy atom. The molecule has 1 fully saturated rings. The molecule has 0 spiro atoms. The maximum atomic E-state index is 5.80. The first-order valence-corrected chi connectivity index (χ1v) is 7.85. The number of aromatic nitrogens is 1. The van der Waals surface area contributed by atoms with Gasteiger partial charge in [-0.1, -0.05) is 12.5 Å². The van der Waals surface area contributed by atoms with Crippen LogP contribution in [0.1, 0.15) is 37.3 Å². The lowest BCUT2D eigenvalue weighted by Gasteiger charge is -2.26. The van der Waals surface area contributed by atoms with Gasteiger partial charge >= 0.3 is 0 Å². The average molecular weight is 271 g/mol. The smallest absolute Gasteiger partial charge is 0.0483 e. The fraction of sp³-hybridized carbons (Fsp3) is 0.529. The molecule has 0 atom stereocenters. The van der Waals surface area contributed by atoms with E-state index in [-0.39, 0.29) is 0 Å². The van der Waals surface area contributed by atoms with Crippen molar-refractivity contribution in [2.45, 2.75) is 45.8 Å². The Labute approximate surface area is 121 Å². The van der Waals surface area contributed by atoms with Gasteiger partial charge in [-0.3, -0.25) is 4.90 Å². The van der Waals surface area contributed by atoms with Gasteiger partial charge in [0.05, 0.1) is 0 Å². The number of likely N-dealkylation sites (tertiary alicyclic amines) is 1. The van der Waals surface area contributed by atoms with Crippen molar-refractivity contribution >= 4 is 10.9 Å². The molecule has 2 aromatic rings. The molecule has 2 heterocycles. The van der Waals surface area contributed by atoms with Crippen LogP contribution in [0, 0.1) is 0 Å². The molecule has 1 aliphatic heterocycles. The molecule has 3 heteroatoms. The monoisotopic (exact) mass is 271 g/mol. The molecule has 0 aliphatic carbocycles. The van der Waals surface area contributed by atoms with E-state index in [2.05, 4.69) is 40.8 Å². The van der Waals surface area contributed by atoms with Crippen molar-refractivity contribution in [3.05, 3.63) is 35.5 Å². The van der Waals surface area contributed by atoms with E-state index in [0.717, 1.165) is 13.1 Å². The van der Waals surface area contributed by atoms with Crippen molar-refractivity contribution in [2.75, 3.05) is 13.1 Å². The van der Waals surface area contributed by atoms with Crippen molar-refractivity contribution in [2.24, 2.45) is 5.73 Å². The normalized spacial score (nSPS) is 16.9. The number of benzene rings is 1. The standard InChI is InChI=1S/C17H25N3/c1-2-20-13-15(12-19-8-4-3-5-9-19)16-10-14(11-18)6-7-17(16)20/h6-7,10,13H,2-5,8-9,11-12,18H2,1H3. The molecule has 1 saturated heterocycles. The minimum absolute atomic E-state index is 0.621. The van der Waals surface area contributed by atoms with E-state index in [0.29, 0.717) is 6.54 Å². The van der Waals surface area contributed by atoms with Crippen LogP contribution in [0.5, 0.6) is 0 Å². The zero-order valence-corrected chi connectivity index (χ0v) is 12.4. The van der Waals surface area contributed by atoms with Gasteiger partial charge in [0.2, 0.25) is 0 Å². The van der Waals surface area contributed by atoms with Crippen LogP contribution in [0.4, 0.5) is 0 Å². The fourth-order valence-corrected chi connectivity index (χ4v) is 3.29. The van der Waals surface area contributed by atoms with Crippen molar-refractivity contribution in [1.29, 1.82) is 0 Å². The predicted molar refractivity (Wildman–Crippen MR) is 84.6 cm³/mol. The molecule has 20 heavy (non-hydrogen) atoms. The summed E-state index contributed by atoms with van der Waals surface area (Å²) in [7, 11) is 0. The van der Waals surface area contributed by atoms with Crippen LogP contribution in [0.3, 0.4) is 0 Å². The summed E-state index contributed by atoms with van der Waals surface area (Å²) in [6.45, 7) is 7.43. The van der Waals surface area contributed by atoms with Gasteiger partial charge in [-0.15, -0.1) is 0 Å². The van der Waals surface area contributed by atoms with Gasteiger partial charge < -0.3 is 10.3 Å². The summed E-state index contributed by atoms with van der Waals surface area (Å²) >= 11 is 0. The van der Waals surface area contributed by atoms with E-state index in [1.807, 2.05) is 0 Å². The Hall–Kier alpha value is -1.32. The highest BCUT2D eigenvalue weighted by molar-refractivity contribution is 5.84. The summed E-state index contributed by atoms with van der Waals surface area (Å²) in [4.78, 5) is 2.59. The highest BCUT2D eigenvalue weighted by atomic mass is 15.1. The molecule has 2 N–H and O–H groups in total. The van der Waals surface area contributed by atoms with Crippen molar-refractivity contribution < 1.29 is 0 Å². The number of rotatable bonds is 4. The lowest BCUT2D eigenvalue weighted by Crippen LogP contribution is -2.28. The highest BCUT2D eigenvalue weighted by Crippen LogP contribution is 2.25. The van der Waals surface area contributed by atoms with Crippen LogP contribution in [0.15, 0.2) is 24.4 Å². The molecular formula is C17H25N3. The Morgan fingerprint density at radius 1 is 1.15 bits per heavy atom. The first-order chi connectivity index (χ1) is 9.81. The molecule has 1 aromatic heterocycles. The number of hydrogen-bond donors (Lipinski definition) is 1. The lowest BCUT2D eigenvalue weighted by atomic mass is 10.1. The molecule has 0 radical (unpaired) electrons. The molecule has 1 aliphatic rings. The maximum absolute atomic E-state index is 5.80. The third-order valence-corrected chi connectivity index (χ3v) is 4.45. The van der Waals surface area contributed by atoms with Crippen LogP contribution in [0.2, 0.25) is 0 Å². The van der Waals surface area contributed by atoms with Gasteiger partial charge in [-0.2, -0.15) is 0 Å². The minimum Gasteiger partial charge on any atom is -0.347 e. The Kier molecular flexibility index (Phi) is 4.08. The second kappa shape index (κ2) is 5.98. The summed E-state index contributed by atoms with van der Waals surface area (Å²) in [5.41, 5.74) is 9.83. The predicted octanol–water partition coefficient (Wildman–Crippen LogP) is 3.11. The van der Waals surface area contributed by atoms with Gasteiger partial charge in [-0.25, -0.2) is 0 Å². The Morgan fingerprint density at radius 3 is 2.65 bits per heavy atom. The quantitative estimate of drug-likeness (QED) is 0.927. The van der Waals surface area contributed by atoms with Crippen LogP contribution < -0.4 is 5.73 Å². The van der Waals surface area contributed by atoms with Crippen LogP contribution in [-0.2, 0) is 19.6 Å². The number of nitrogens with zero attached hydrogens (tertiary/aromatic N) is 2. The zero-order valence-electron chi connectivity index (χ0n) is 12.4. The molecule has 3 rings (SSSR count). The molecule has 108 valence electrons. The van der Waals surface area contributed by atoms with Crippen molar-refractivity contribution in [1.82, 2.24) is 9.47 Å². The first kappa shape index (κ1) is 13.7. The summed E-state index contributed by atoms with van der Waals surface area (Å²) in [6.07, 6.45) is 6.42. The molecule has 0 bridgehead atoms. The summed E-state index contributed by atoms with van der Waals surface area (Å²) in [6, 6.07) is 6.65. The molecule has 0 amide bonds. The Balaban J connectivity index is 1.95. The van der Waals surface area contributed by atoms with E-state index in [1.54, 1.807) is 0 Å². The van der Waals surface area contributed by atoms with Crippen molar-refractivity contribution in [3.63, 3.8) is 0 Å². The molecule has 0 saturated carbocycles. The SMILES string of the molecule is CCn1cc(CN2CCCCC2)c2cc(CN)ccc21. The first-order valence-electron chi connectivity index (χ1n) is 7.85. The maximum Gasteiger partial charge on any atom is 0.0483 e. The van der Waals surface area contributed by atoms with Crippen LogP contribution >= 0.6 is 0 Å². The highest BCUT2D eigenvalue weighted by Gasteiger charge is 2.14. The minimum atomic E-state index is 0.621. The Bertz CT molecular complexity index is 579. The topological polar surface area (TPSA) is 34.2 Å². The van der Waals surface area contributed by atoms with Gasteiger partial charge in [0.1, 0.15) is 0 Å². The number of hydrogen-bond acceptors (Lipinski definition) is 2. The molecule has 1 aromatic carbocycles. The number of aryl methyl sites for hydroxylation is 1. The number of fused-ring (bicyclic) bond motifs is 1. The van der Waals surface area contributed by atoms with Gasteiger partial charge in [0, 0.05) is 36.7 Å². The average Bonchev–Trinajstić information content (AvgIpc) is 2.85. The summed E-state index contributed by atoms with van der Waals surface area (Å²) in [5.74, 6) is 0. The fourth-order valence-electron chi connectivity index (χ4n) is 3.29. The molecular weight excluding hydrogens is 246 g/mol. The summed E-state index contributed by atoms with van der Waals surface area (Å²) < 4.78 is 2.36.